The Bertz CT molecular complexity index is 1130. The maximum absolute atomic E-state index is 14.6. The van der Waals surface area contributed by atoms with Crippen molar-refractivity contribution in [2.24, 2.45) is 0 Å². The smallest absolute Gasteiger partial charge is 0.155 e. The molecule has 0 aliphatic carbocycles. The lowest BCUT2D eigenvalue weighted by atomic mass is 9.99. The zero-order valence-electron chi connectivity index (χ0n) is 15.0. The molecule has 0 radical (unpaired) electrons. The van der Waals surface area contributed by atoms with Crippen LogP contribution in [0.15, 0.2) is 60.9 Å². The number of aromatic amines is 1. The Morgan fingerprint density at radius 2 is 1.86 bits per heavy atom. The summed E-state index contributed by atoms with van der Waals surface area (Å²) in [5.41, 5.74) is 2.12. The van der Waals surface area contributed by atoms with Crippen LogP contribution in [0.4, 0.5) is 25.8 Å². The molecule has 1 unspecified atom stereocenters. The van der Waals surface area contributed by atoms with Crippen LogP contribution in [0.25, 0.3) is 11.0 Å². The summed E-state index contributed by atoms with van der Waals surface area (Å²) in [7, 11) is 1.53. The average Bonchev–Trinajstić information content (AvgIpc) is 3.12. The first-order chi connectivity index (χ1) is 13.6. The van der Waals surface area contributed by atoms with Crippen LogP contribution in [0.2, 0.25) is 0 Å². The van der Waals surface area contributed by atoms with E-state index < -0.39 is 23.3 Å². The number of aromatic nitrogens is 2. The first-order valence-electron chi connectivity index (χ1n) is 8.71. The number of rotatable bonds is 5. The van der Waals surface area contributed by atoms with E-state index in [0.717, 1.165) is 11.8 Å². The molecule has 4 N–H and O–H groups in total. The van der Waals surface area contributed by atoms with Gasteiger partial charge in [-0.3, -0.25) is 0 Å². The summed E-state index contributed by atoms with van der Waals surface area (Å²) < 4.78 is 29.0. The largest absolute Gasteiger partial charge is 0.386 e. The molecule has 2 aromatic carbocycles. The topological polar surface area (TPSA) is 73.0 Å². The summed E-state index contributed by atoms with van der Waals surface area (Å²) in [6.07, 6.45) is 1.67. The number of pyridine rings is 1. The number of anilines is 3. The highest BCUT2D eigenvalue weighted by molar-refractivity contribution is 5.84. The molecule has 0 amide bonds. The van der Waals surface area contributed by atoms with Crippen LogP contribution in [-0.2, 0) is 0 Å². The van der Waals surface area contributed by atoms with E-state index in [1.165, 1.54) is 19.3 Å². The molecule has 28 heavy (non-hydrogen) atoms. The number of hydrogen-bond acceptors (Lipinski definition) is 4. The van der Waals surface area contributed by atoms with Crippen molar-refractivity contribution >= 4 is 28.1 Å². The maximum Gasteiger partial charge on any atom is 0.155 e. The predicted molar refractivity (Wildman–Crippen MR) is 106 cm³/mol. The summed E-state index contributed by atoms with van der Waals surface area (Å²) in [6.45, 7) is 0. The van der Waals surface area contributed by atoms with Gasteiger partial charge >= 0.3 is 0 Å². The van der Waals surface area contributed by atoms with Gasteiger partial charge in [0.2, 0.25) is 0 Å². The van der Waals surface area contributed by atoms with Crippen molar-refractivity contribution in [1.29, 1.82) is 0 Å². The van der Waals surface area contributed by atoms with Gasteiger partial charge in [0.1, 0.15) is 17.6 Å². The molecule has 2 aromatic heterocycles. The number of aliphatic hydroxyl groups excluding tert-OH is 1. The molecule has 0 spiro atoms. The van der Waals surface area contributed by atoms with Gasteiger partial charge in [-0.25, -0.2) is 13.8 Å². The van der Waals surface area contributed by atoms with Crippen LogP contribution < -0.4 is 10.6 Å². The van der Waals surface area contributed by atoms with Gasteiger partial charge < -0.3 is 20.7 Å². The number of hydrogen-bond donors (Lipinski definition) is 4. The third kappa shape index (κ3) is 3.16. The minimum absolute atomic E-state index is 0.111. The van der Waals surface area contributed by atoms with E-state index in [1.54, 1.807) is 12.3 Å². The highest BCUT2D eigenvalue weighted by Gasteiger charge is 2.24. The lowest BCUT2D eigenvalue weighted by Gasteiger charge is -2.15. The first-order valence-corrected chi connectivity index (χ1v) is 8.71. The van der Waals surface area contributed by atoms with E-state index in [9.17, 15) is 13.9 Å². The second-order valence-corrected chi connectivity index (χ2v) is 6.33. The fourth-order valence-electron chi connectivity index (χ4n) is 3.18. The molecule has 0 fully saturated rings. The molecular weight excluding hydrogens is 362 g/mol. The van der Waals surface area contributed by atoms with Crippen molar-refractivity contribution in [1.82, 2.24) is 9.97 Å². The number of aliphatic hydroxyl groups is 1. The van der Waals surface area contributed by atoms with Gasteiger partial charge in [-0.05, 0) is 30.3 Å². The number of para-hydroxylation sites is 1. The van der Waals surface area contributed by atoms with E-state index in [0.29, 0.717) is 22.3 Å². The summed E-state index contributed by atoms with van der Waals surface area (Å²) in [6, 6.07) is 13.7. The lowest BCUT2D eigenvalue weighted by molar-refractivity contribution is 0.211. The quantitative estimate of drug-likeness (QED) is 0.405. The van der Waals surface area contributed by atoms with Crippen LogP contribution in [0.1, 0.15) is 17.2 Å². The predicted octanol–water partition coefficient (Wildman–Crippen LogP) is 4.71. The summed E-state index contributed by atoms with van der Waals surface area (Å²) in [4.78, 5) is 7.26. The molecule has 2 heterocycles. The number of fused-ring (bicyclic) bond motifs is 1. The Hall–Kier alpha value is -3.45. The third-order valence-electron chi connectivity index (χ3n) is 4.59. The fourth-order valence-corrected chi connectivity index (χ4v) is 3.18. The van der Waals surface area contributed by atoms with Gasteiger partial charge in [0.05, 0.1) is 23.1 Å². The van der Waals surface area contributed by atoms with Gasteiger partial charge in [-0.1, -0.05) is 18.2 Å². The fraction of sp³-hybridized carbons (Fsp3) is 0.0952. The van der Waals surface area contributed by atoms with Gasteiger partial charge in [0.25, 0.3) is 0 Å². The maximum atomic E-state index is 14.6. The molecule has 4 rings (SSSR count). The van der Waals surface area contributed by atoms with Crippen LogP contribution in [0.5, 0.6) is 0 Å². The zero-order valence-corrected chi connectivity index (χ0v) is 15.0. The number of nitrogens with zero attached hydrogens (tertiary/aromatic N) is 1. The van der Waals surface area contributed by atoms with Crippen LogP contribution >= 0.6 is 0 Å². The Kier molecular flexibility index (Phi) is 4.67. The van der Waals surface area contributed by atoms with Crippen molar-refractivity contribution in [3.05, 3.63) is 83.7 Å². The molecule has 0 aliphatic rings. The molecule has 0 aliphatic heterocycles. The van der Waals surface area contributed by atoms with E-state index in [1.807, 2.05) is 30.3 Å². The van der Waals surface area contributed by atoms with E-state index >= 15 is 0 Å². The third-order valence-corrected chi connectivity index (χ3v) is 4.59. The summed E-state index contributed by atoms with van der Waals surface area (Å²) in [5.74, 6) is -1.64. The van der Waals surface area contributed by atoms with Crippen molar-refractivity contribution in [2.75, 3.05) is 17.7 Å². The van der Waals surface area contributed by atoms with Crippen molar-refractivity contribution in [3.63, 3.8) is 0 Å². The number of halogens is 2. The zero-order chi connectivity index (χ0) is 19.7. The highest BCUT2D eigenvalue weighted by Crippen LogP contribution is 2.34. The first kappa shape index (κ1) is 17.9. The summed E-state index contributed by atoms with van der Waals surface area (Å²) in [5, 5.41) is 17.2. The van der Waals surface area contributed by atoms with E-state index in [4.69, 9.17) is 0 Å². The monoisotopic (exact) mass is 380 g/mol. The molecule has 4 aromatic rings. The molecule has 0 saturated heterocycles. The van der Waals surface area contributed by atoms with Gasteiger partial charge in [0.15, 0.2) is 5.82 Å². The minimum atomic E-state index is -1.49. The summed E-state index contributed by atoms with van der Waals surface area (Å²) >= 11 is 0. The number of H-pyrrole nitrogens is 1. The molecule has 0 bridgehead atoms. The second-order valence-electron chi connectivity index (χ2n) is 6.33. The number of benzene rings is 2. The van der Waals surface area contributed by atoms with E-state index in [-0.39, 0.29) is 5.69 Å². The standard InChI is InChI=1S/C21H18F2N4O/c1-24-17-8-7-16(22)18(19(17)23)20(28)15-11-26-21-14(15)9-13(10-25-21)27-12-5-3-2-4-6-12/h2-11,20,24,27-28H,1H3,(H,25,26). The molecule has 0 saturated carbocycles. The highest BCUT2D eigenvalue weighted by atomic mass is 19.1. The SMILES string of the molecule is CNc1ccc(F)c(C(O)c2c[nH]c3ncc(Nc4ccccc4)cc23)c1F. The molecule has 142 valence electrons. The van der Waals surface area contributed by atoms with Gasteiger partial charge in [-0.2, -0.15) is 0 Å². The second kappa shape index (κ2) is 7.28. The van der Waals surface area contributed by atoms with Crippen molar-refractivity contribution in [3.8, 4) is 0 Å². The minimum Gasteiger partial charge on any atom is -0.386 e. The van der Waals surface area contributed by atoms with E-state index in [2.05, 4.69) is 20.6 Å². The Morgan fingerprint density at radius 3 is 2.61 bits per heavy atom. The molecule has 1 atom stereocenters. The Labute approximate surface area is 160 Å². The Morgan fingerprint density at radius 1 is 1.07 bits per heavy atom. The van der Waals surface area contributed by atoms with Gasteiger partial charge in [0, 0.05) is 29.9 Å². The van der Waals surface area contributed by atoms with Crippen molar-refractivity contribution < 1.29 is 13.9 Å². The Balaban J connectivity index is 1.76. The normalized spacial score (nSPS) is 12.1. The van der Waals surface area contributed by atoms with Crippen LogP contribution in [0.3, 0.4) is 0 Å². The molecule has 7 heteroatoms. The van der Waals surface area contributed by atoms with Crippen molar-refractivity contribution in [2.45, 2.75) is 6.10 Å². The van der Waals surface area contributed by atoms with Crippen LogP contribution in [-0.4, -0.2) is 22.1 Å². The van der Waals surface area contributed by atoms with Crippen LogP contribution in [0, 0.1) is 11.6 Å². The number of nitrogens with one attached hydrogen (secondary N) is 3. The molecule has 5 nitrogen and oxygen atoms in total. The average molecular weight is 380 g/mol. The van der Waals surface area contributed by atoms with Gasteiger partial charge in [-0.15, -0.1) is 0 Å². The molecular formula is C21H18F2N4O. The lowest BCUT2D eigenvalue weighted by Crippen LogP contribution is -2.08.